The molecule has 0 bridgehead atoms. The second-order valence-corrected chi connectivity index (χ2v) is 6.44. The first-order valence-corrected chi connectivity index (χ1v) is 8.39. The number of benzene rings is 2. The minimum atomic E-state index is -1.01. The van der Waals surface area contributed by atoms with Crippen molar-refractivity contribution in [3.05, 3.63) is 70.2 Å². The topological polar surface area (TPSA) is 59.4 Å². The zero-order valence-electron chi connectivity index (χ0n) is 13.4. The van der Waals surface area contributed by atoms with Gasteiger partial charge in [0.2, 0.25) is 0 Å². The molecule has 4 nitrogen and oxygen atoms in total. The van der Waals surface area contributed by atoms with Gasteiger partial charge in [0.05, 0.1) is 0 Å². The molecule has 0 aliphatic heterocycles. The van der Waals surface area contributed by atoms with E-state index in [4.69, 9.17) is 9.84 Å². The molecule has 1 N–H and O–H groups in total. The van der Waals surface area contributed by atoms with Gasteiger partial charge in [-0.25, -0.2) is 9.78 Å². The molecule has 0 radical (unpaired) electrons. The van der Waals surface area contributed by atoms with Gasteiger partial charge in [0, 0.05) is 10.9 Å². The van der Waals surface area contributed by atoms with Crippen LogP contribution < -0.4 is 4.74 Å². The molecular weight excluding hydrogens is 322 g/mol. The van der Waals surface area contributed by atoms with Crippen LogP contribution in [0, 0.1) is 13.8 Å². The SMILES string of the molecule is Cc1ccc(OCc2cccc(-c3nc(C(=O)O)cs3)c2)cc1C. The van der Waals surface area contributed by atoms with E-state index in [1.807, 2.05) is 42.5 Å². The van der Waals surface area contributed by atoms with Crippen LogP contribution in [-0.4, -0.2) is 16.1 Å². The summed E-state index contributed by atoms with van der Waals surface area (Å²) in [5.74, 6) is -0.169. The van der Waals surface area contributed by atoms with Crippen LogP contribution in [0.1, 0.15) is 27.2 Å². The molecule has 0 aliphatic carbocycles. The highest BCUT2D eigenvalue weighted by Gasteiger charge is 2.10. The number of hydrogen-bond donors (Lipinski definition) is 1. The Morgan fingerprint density at radius 1 is 1.17 bits per heavy atom. The van der Waals surface area contributed by atoms with Gasteiger partial charge in [-0.1, -0.05) is 24.3 Å². The maximum Gasteiger partial charge on any atom is 0.355 e. The van der Waals surface area contributed by atoms with Crippen LogP contribution in [0.3, 0.4) is 0 Å². The quantitative estimate of drug-likeness (QED) is 0.732. The third-order valence-electron chi connectivity index (χ3n) is 3.78. The van der Waals surface area contributed by atoms with Crippen molar-refractivity contribution in [3.63, 3.8) is 0 Å². The van der Waals surface area contributed by atoms with Gasteiger partial charge in [-0.3, -0.25) is 0 Å². The van der Waals surface area contributed by atoms with E-state index in [2.05, 4.69) is 18.8 Å². The molecule has 0 fully saturated rings. The molecule has 122 valence electrons. The number of aromatic nitrogens is 1. The Labute approximate surface area is 144 Å². The lowest BCUT2D eigenvalue weighted by Gasteiger charge is -2.09. The molecule has 24 heavy (non-hydrogen) atoms. The van der Waals surface area contributed by atoms with Crippen molar-refractivity contribution in [2.45, 2.75) is 20.5 Å². The summed E-state index contributed by atoms with van der Waals surface area (Å²) in [4.78, 5) is 15.1. The van der Waals surface area contributed by atoms with Gasteiger partial charge in [-0.15, -0.1) is 11.3 Å². The van der Waals surface area contributed by atoms with Crippen molar-refractivity contribution < 1.29 is 14.6 Å². The summed E-state index contributed by atoms with van der Waals surface area (Å²) < 4.78 is 5.85. The first kappa shape index (κ1) is 16.2. The fraction of sp³-hybridized carbons (Fsp3) is 0.158. The van der Waals surface area contributed by atoms with Crippen LogP contribution in [0.5, 0.6) is 5.75 Å². The molecule has 0 aliphatic rings. The summed E-state index contributed by atoms with van der Waals surface area (Å²) >= 11 is 1.32. The Kier molecular flexibility index (Phi) is 4.62. The highest BCUT2D eigenvalue weighted by molar-refractivity contribution is 7.13. The van der Waals surface area contributed by atoms with Gasteiger partial charge >= 0.3 is 5.97 Å². The molecule has 1 heterocycles. The number of rotatable bonds is 5. The van der Waals surface area contributed by atoms with Crippen molar-refractivity contribution >= 4 is 17.3 Å². The Hall–Kier alpha value is -2.66. The highest BCUT2D eigenvalue weighted by Crippen LogP contribution is 2.25. The lowest BCUT2D eigenvalue weighted by Crippen LogP contribution is -1.97. The fourth-order valence-electron chi connectivity index (χ4n) is 2.27. The largest absolute Gasteiger partial charge is 0.489 e. The Morgan fingerprint density at radius 2 is 2.00 bits per heavy atom. The molecule has 5 heteroatoms. The third-order valence-corrected chi connectivity index (χ3v) is 4.67. The van der Waals surface area contributed by atoms with Gasteiger partial charge in [-0.2, -0.15) is 0 Å². The molecule has 0 amide bonds. The number of carboxylic acids is 1. The number of hydrogen-bond acceptors (Lipinski definition) is 4. The monoisotopic (exact) mass is 339 g/mol. The van der Waals surface area contributed by atoms with Gasteiger partial charge in [-0.05, 0) is 48.7 Å². The van der Waals surface area contributed by atoms with E-state index in [9.17, 15) is 4.79 Å². The van der Waals surface area contributed by atoms with E-state index in [-0.39, 0.29) is 5.69 Å². The zero-order chi connectivity index (χ0) is 17.1. The lowest BCUT2D eigenvalue weighted by atomic mass is 10.1. The van der Waals surface area contributed by atoms with Crippen LogP contribution in [0.4, 0.5) is 0 Å². The molecule has 0 atom stereocenters. The van der Waals surface area contributed by atoms with Crippen LogP contribution >= 0.6 is 11.3 Å². The number of nitrogens with zero attached hydrogens (tertiary/aromatic N) is 1. The van der Waals surface area contributed by atoms with Crippen molar-refractivity contribution in [3.8, 4) is 16.3 Å². The second-order valence-electron chi connectivity index (χ2n) is 5.58. The van der Waals surface area contributed by atoms with Crippen molar-refractivity contribution in [1.82, 2.24) is 4.98 Å². The molecule has 0 unspecified atom stereocenters. The number of thiazole rings is 1. The predicted molar refractivity (Wildman–Crippen MR) is 94.8 cm³/mol. The van der Waals surface area contributed by atoms with Crippen molar-refractivity contribution in [1.29, 1.82) is 0 Å². The normalized spacial score (nSPS) is 10.6. The van der Waals surface area contributed by atoms with E-state index in [1.54, 1.807) is 5.38 Å². The first-order valence-electron chi connectivity index (χ1n) is 7.51. The maximum atomic E-state index is 10.9. The van der Waals surface area contributed by atoms with Crippen LogP contribution in [0.2, 0.25) is 0 Å². The second kappa shape index (κ2) is 6.84. The van der Waals surface area contributed by atoms with Gasteiger partial charge < -0.3 is 9.84 Å². The number of aryl methyl sites for hydroxylation is 2. The molecule has 3 aromatic rings. The van der Waals surface area contributed by atoms with Crippen LogP contribution in [0.15, 0.2) is 47.8 Å². The van der Waals surface area contributed by atoms with Crippen molar-refractivity contribution in [2.75, 3.05) is 0 Å². The number of aromatic carboxylic acids is 1. The summed E-state index contributed by atoms with van der Waals surface area (Å²) in [5.41, 5.74) is 4.42. The molecule has 0 spiro atoms. The molecule has 0 saturated heterocycles. The van der Waals surface area contributed by atoms with E-state index >= 15 is 0 Å². The standard InChI is InChI=1S/C19H17NO3S/c1-12-6-7-16(8-13(12)2)23-10-14-4-3-5-15(9-14)18-20-17(11-24-18)19(21)22/h3-9,11H,10H2,1-2H3,(H,21,22). The average Bonchev–Trinajstić information content (AvgIpc) is 3.07. The molecule has 3 rings (SSSR count). The number of carbonyl (C=O) groups is 1. The highest BCUT2D eigenvalue weighted by atomic mass is 32.1. The summed E-state index contributed by atoms with van der Waals surface area (Å²) in [6.45, 7) is 4.58. The summed E-state index contributed by atoms with van der Waals surface area (Å²) in [6.07, 6.45) is 0. The van der Waals surface area contributed by atoms with Gasteiger partial charge in [0.1, 0.15) is 17.4 Å². The Bertz CT molecular complexity index is 886. The zero-order valence-corrected chi connectivity index (χ0v) is 14.3. The van der Waals surface area contributed by atoms with Crippen molar-refractivity contribution in [2.24, 2.45) is 0 Å². The lowest BCUT2D eigenvalue weighted by molar-refractivity contribution is 0.0691. The van der Waals surface area contributed by atoms with Gasteiger partial charge in [0.15, 0.2) is 5.69 Å². The molecule has 0 saturated carbocycles. The van der Waals surface area contributed by atoms with E-state index in [1.165, 1.54) is 22.5 Å². The first-order chi connectivity index (χ1) is 11.5. The predicted octanol–water partition coefficient (Wildman–Crippen LogP) is 4.70. The van der Waals surface area contributed by atoms with Gasteiger partial charge in [0.25, 0.3) is 0 Å². The molecular formula is C19H17NO3S. The number of carboxylic acid groups (broad SMARTS) is 1. The Morgan fingerprint density at radius 3 is 2.71 bits per heavy atom. The van der Waals surface area contributed by atoms with E-state index in [0.717, 1.165) is 16.9 Å². The van der Waals surface area contributed by atoms with Crippen LogP contribution in [0.25, 0.3) is 10.6 Å². The minimum Gasteiger partial charge on any atom is -0.489 e. The maximum absolute atomic E-state index is 10.9. The number of ether oxygens (including phenoxy) is 1. The van der Waals surface area contributed by atoms with E-state index in [0.29, 0.717) is 11.6 Å². The summed E-state index contributed by atoms with van der Waals surface area (Å²) in [6, 6.07) is 13.8. The molecule has 1 aromatic heterocycles. The molecule has 2 aromatic carbocycles. The summed E-state index contributed by atoms with van der Waals surface area (Å²) in [7, 11) is 0. The smallest absolute Gasteiger partial charge is 0.355 e. The minimum absolute atomic E-state index is 0.0757. The Balaban J connectivity index is 1.75. The van der Waals surface area contributed by atoms with Crippen LogP contribution in [-0.2, 0) is 6.61 Å². The summed E-state index contributed by atoms with van der Waals surface area (Å²) in [5, 5.41) is 11.2. The third kappa shape index (κ3) is 3.63. The van der Waals surface area contributed by atoms with E-state index < -0.39 is 5.97 Å². The fourth-order valence-corrected chi connectivity index (χ4v) is 3.06. The average molecular weight is 339 g/mol.